The first-order valence-corrected chi connectivity index (χ1v) is 10.1. The Bertz CT molecular complexity index is 1000. The van der Waals surface area contributed by atoms with Gasteiger partial charge in [0.25, 0.3) is 0 Å². The van der Waals surface area contributed by atoms with Gasteiger partial charge in [0.05, 0.1) is 6.20 Å². The molecule has 1 aliphatic rings. The molecule has 1 aromatic carbocycles. The topological polar surface area (TPSA) is 84.4 Å². The van der Waals surface area contributed by atoms with Crippen LogP contribution in [-0.4, -0.2) is 50.4 Å². The molecule has 1 aliphatic heterocycles. The number of halogens is 2. The summed E-state index contributed by atoms with van der Waals surface area (Å²) in [6.45, 7) is 5.04. The highest BCUT2D eigenvalue weighted by Crippen LogP contribution is 2.27. The minimum Gasteiger partial charge on any atom is -0.357 e. The summed E-state index contributed by atoms with van der Waals surface area (Å²) in [7, 11) is 1.95. The van der Waals surface area contributed by atoms with Crippen LogP contribution in [0.1, 0.15) is 30.7 Å². The van der Waals surface area contributed by atoms with Gasteiger partial charge in [0.15, 0.2) is 5.96 Å². The van der Waals surface area contributed by atoms with Crippen LogP contribution in [0, 0.1) is 0 Å². The summed E-state index contributed by atoms with van der Waals surface area (Å²) in [5.41, 5.74) is 2.09. The molecule has 1 saturated heterocycles. The summed E-state index contributed by atoms with van der Waals surface area (Å²) >= 11 is 6.04. The average molecular weight is 542 g/mol. The van der Waals surface area contributed by atoms with Gasteiger partial charge >= 0.3 is 0 Å². The van der Waals surface area contributed by atoms with Gasteiger partial charge in [-0.2, -0.15) is 10.1 Å². The van der Waals surface area contributed by atoms with Crippen LogP contribution in [0.15, 0.2) is 46.2 Å². The van der Waals surface area contributed by atoms with Crippen LogP contribution in [-0.2, 0) is 13.6 Å². The Labute approximate surface area is 197 Å². The van der Waals surface area contributed by atoms with Gasteiger partial charge in [-0.15, -0.1) is 24.0 Å². The first-order chi connectivity index (χ1) is 14.1. The Hall–Kier alpha value is -2.14. The molecule has 10 heteroatoms. The van der Waals surface area contributed by atoms with E-state index in [-0.39, 0.29) is 24.0 Å². The molecular weight excluding hydrogens is 517 g/mol. The lowest BCUT2D eigenvalue weighted by molar-refractivity contribution is 0.379. The fourth-order valence-electron chi connectivity index (χ4n) is 3.51. The van der Waals surface area contributed by atoms with E-state index < -0.39 is 0 Å². The maximum Gasteiger partial charge on any atom is 0.248 e. The summed E-state index contributed by atoms with van der Waals surface area (Å²) < 4.78 is 7.23. The molecule has 0 saturated carbocycles. The van der Waals surface area contributed by atoms with Gasteiger partial charge in [0, 0.05) is 49.4 Å². The van der Waals surface area contributed by atoms with E-state index in [1.165, 1.54) is 5.56 Å². The van der Waals surface area contributed by atoms with Crippen molar-refractivity contribution in [2.75, 3.05) is 19.6 Å². The zero-order chi connectivity index (χ0) is 20.2. The van der Waals surface area contributed by atoms with Crippen molar-refractivity contribution in [1.29, 1.82) is 0 Å². The minimum absolute atomic E-state index is 0. The predicted molar refractivity (Wildman–Crippen MR) is 127 cm³/mol. The van der Waals surface area contributed by atoms with Crippen LogP contribution in [0.4, 0.5) is 0 Å². The van der Waals surface area contributed by atoms with E-state index in [1.54, 1.807) is 0 Å². The molecular formula is C20H25ClIN7O. The second kappa shape index (κ2) is 10.3. The van der Waals surface area contributed by atoms with Gasteiger partial charge in [0.1, 0.15) is 6.54 Å². The molecule has 1 atom stereocenters. The third-order valence-corrected chi connectivity index (χ3v) is 5.17. The quantitative estimate of drug-likeness (QED) is 0.301. The fraction of sp³-hybridized carbons (Fsp3) is 0.400. The van der Waals surface area contributed by atoms with Crippen LogP contribution >= 0.6 is 35.6 Å². The third-order valence-electron chi connectivity index (χ3n) is 4.93. The first kappa shape index (κ1) is 22.5. The standard InChI is InChI=1S/C20H24ClN7O.HI/c1-3-22-20(28-8-7-15(13-28)16-10-24-27(2)12-16)23-11-18-25-19(26-29-18)14-5-4-6-17(21)9-14;/h4-6,9-10,12,15H,3,7-8,11,13H2,1-2H3,(H,22,23);1H. The Kier molecular flexibility index (Phi) is 7.70. The number of nitrogens with zero attached hydrogens (tertiary/aromatic N) is 6. The van der Waals surface area contributed by atoms with Crippen LogP contribution in [0.5, 0.6) is 0 Å². The van der Waals surface area contributed by atoms with E-state index >= 15 is 0 Å². The van der Waals surface area contributed by atoms with E-state index in [4.69, 9.17) is 21.1 Å². The predicted octanol–water partition coefficient (Wildman–Crippen LogP) is 3.70. The maximum absolute atomic E-state index is 6.04. The summed E-state index contributed by atoms with van der Waals surface area (Å²) in [6, 6.07) is 7.39. The second-order valence-corrected chi connectivity index (χ2v) is 7.51. The van der Waals surface area contributed by atoms with Crippen LogP contribution in [0.2, 0.25) is 5.02 Å². The summed E-state index contributed by atoms with van der Waals surface area (Å²) in [5.74, 6) is 2.31. The fourth-order valence-corrected chi connectivity index (χ4v) is 3.70. The van der Waals surface area contributed by atoms with Crippen molar-refractivity contribution < 1.29 is 4.52 Å². The molecule has 2 aromatic heterocycles. The largest absolute Gasteiger partial charge is 0.357 e. The Morgan fingerprint density at radius 2 is 2.27 bits per heavy atom. The highest BCUT2D eigenvalue weighted by molar-refractivity contribution is 14.0. The monoisotopic (exact) mass is 541 g/mol. The van der Waals surface area contributed by atoms with Crippen LogP contribution in [0.25, 0.3) is 11.4 Å². The second-order valence-electron chi connectivity index (χ2n) is 7.07. The number of aromatic nitrogens is 4. The third kappa shape index (κ3) is 5.31. The Morgan fingerprint density at radius 3 is 3.00 bits per heavy atom. The number of hydrogen-bond donors (Lipinski definition) is 1. The average Bonchev–Trinajstić information content (AvgIpc) is 3.45. The van der Waals surface area contributed by atoms with Crippen molar-refractivity contribution in [3.05, 3.63) is 53.1 Å². The first-order valence-electron chi connectivity index (χ1n) is 9.72. The number of nitrogens with one attached hydrogen (secondary N) is 1. The molecule has 30 heavy (non-hydrogen) atoms. The number of aryl methyl sites for hydroxylation is 1. The lowest BCUT2D eigenvalue weighted by Crippen LogP contribution is -2.40. The summed E-state index contributed by atoms with van der Waals surface area (Å²) in [5, 5.41) is 12.3. The molecule has 1 unspecified atom stereocenters. The van der Waals surface area contributed by atoms with Gasteiger partial charge in [0.2, 0.25) is 11.7 Å². The van der Waals surface area contributed by atoms with Gasteiger partial charge in [-0.1, -0.05) is 28.9 Å². The molecule has 3 heterocycles. The molecule has 1 fully saturated rings. The number of hydrogen-bond acceptors (Lipinski definition) is 5. The van der Waals surface area contributed by atoms with E-state index in [0.717, 1.165) is 37.6 Å². The van der Waals surface area contributed by atoms with Gasteiger partial charge < -0.3 is 14.7 Å². The molecule has 1 N–H and O–H groups in total. The SMILES string of the molecule is CCNC(=NCc1nc(-c2cccc(Cl)c2)no1)N1CCC(c2cnn(C)c2)C1.I. The van der Waals surface area contributed by atoms with Gasteiger partial charge in [-0.25, -0.2) is 4.99 Å². The van der Waals surface area contributed by atoms with E-state index in [0.29, 0.717) is 29.2 Å². The molecule has 160 valence electrons. The maximum atomic E-state index is 6.04. The van der Waals surface area contributed by atoms with Crippen molar-refractivity contribution in [3.63, 3.8) is 0 Å². The zero-order valence-corrected chi connectivity index (χ0v) is 20.0. The van der Waals surface area contributed by atoms with E-state index in [2.05, 4.69) is 38.6 Å². The molecule has 0 radical (unpaired) electrons. The normalized spacial score (nSPS) is 16.6. The lowest BCUT2D eigenvalue weighted by atomic mass is 10.0. The van der Waals surface area contributed by atoms with Crippen molar-refractivity contribution in [2.45, 2.75) is 25.8 Å². The molecule has 0 aliphatic carbocycles. The number of aliphatic imine (C=N–C) groups is 1. The summed E-state index contributed by atoms with van der Waals surface area (Å²) in [4.78, 5) is 11.4. The minimum atomic E-state index is 0. The van der Waals surface area contributed by atoms with Gasteiger partial charge in [-0.05, 0) is 31.0 Å². The van der Waals surface area contributed by atoms with Crippen molar-refractivity contribution in [3.8, 4) is 11.4 Å². The van der Waals surface area contributed by atoms with E-state index in [1.807, 2.05) is 42.2 Å². The highest BCUT2D eigenvalue weighted by Gasteiger charge is 2.27. The highest BCUT2D eigenvalue weighted by atomic mass is 127. The molecule has 0 bridgehead atoms. The number of guanidine groups is 1. The zero-order valence-electron chi connectivity index (χ0n) is 17.0. The number of rotatable bonds is 5. The van der Waals surface area contributed by atoms with Crippen molar-refractivity contribution in [1.82, 2.24) is 30.1 Å². The van der Waals surface area contributed by atoms with Gasteiger partial charge in [-0.3, -0.25) is 4.68 Å². The molecule has 0 spiro atoms. The molecule has 0 amide bonds. The lowest BCUT2D eigenvalue weighted by Gasteiger charge is -2.21. The van der Waals surface area contributed by atoms with Crippen molar-refractivity contribution in [2.24, 2.45) is 12.0 Å². The Balaban J connectivity index is 0.00000256. The van der Waals surface area contributed by atoms with E-state index in [9.17, 15) is 0 Å². The number of likely N-dealkylation sites (tertiary alicyclic amines) is 1. The molecule has 3 aromatic rings. The molecule has 4 rings (SSSR count). The Morgan fingerprint density at radius 1 is 1.40 bits per heavy atom. The van der Waals surface area contributed by atoms with Crippen molar-refractivity contribution >= 4 is 41.5 Å². The smallest absolute Gasteiger partial charge is 0.248 e. The molecule has 8 nitrogen and oxygen atoms in total. The summed E-state index contributed by atoms with van der Waals surface area (Å²) in [6.07, 6.45) is 5.12. The van der Waals surface area contributed by atoms with Crippen LogP contribution in [0.3, 0.4) is 0 Å². The van der Waals surface area contributed by atoms with Crippen LogP contribution < -0.4 is 5.32 Å². The number of benzene rings is 1.